The fraction of sp³-hybridized carbons (Fsp3) is 0.800. The Morgan fingerprint density at radius 2 is 2.50 bits per heavy atom. The zero-order valence-corrected chi connectivity index (χ0v) is 4.72. The summed E-state index contributed by atoms with van der Waals surface area (Å²) in [5.74, 6) is -0.238. The summed E-state index contributed by atoms with van der Waals surface area (Å²) in [5.41, 5.74) is 0. The molecular formula is C5H9NO2. The van der Waals surface area contributed by atoms with E-state index in [1.165, 1.54) is 0 Å². The molecule has 0 aromatic carbocycles. The number of carbonyl (C=O) groups is 1. The Morgan fingerprint density at radius 3 is 2.62 bits per heavy atom. The number of carbonyl (C=O) groups excluding carboxylic acids is 1. The van der Waals surface area contributed by atoms with Gasteiger partial charge in [-0.3, -0.25) is 4.79 Å². The van der Waals surface area contributed by atoms with E-state index in [-0.39, 0.29) is 11.9 Å². The van der Waals surface area contributed by atoms with E-state index in [2.05, 4.69) is 5.32 Å². The van der Waals surface area contributed by atoms with Gasteiger partial charge >= 0.3 is 0 Å². The molecule has 8 heavy (non-hydrogen) atoms. The van der Waals surface area contributed by atoms with Gasteiger partial charge < -0.3 is 10.4 Å². The Morgan fingerprint density at radius 1 is 1.88 bits per heavy atom. The van der Waals surface area contributed by atoms with Crippen molar-refractivity contribution in [3.05, 3.63) is 0 Å². The van der Waals surface area contributed by atoms with Gasteiger partial charge in [-0.25, -0.2) is 0 Å². The minimum atomic E-state index is -0.759. The molecule has 1 rings (SSSR count). The van der Waals surface area contributed by atoms with Crippen LogP contribution in [0.3, 0.4) is 0 Å². The molecule has 1 heterocycles. The van der Waals surface area contributed by atoms with E-state index >= 15 is 0 Å². The summed E-state index contributed by atoms with van der Waals surface area (Å²) in [6.45, 7) is 1.87. The van der Waals surface area contributed by atoms with Gasteiger partial charge in [0.25, 0.3) is 0 Å². The van der Waals surface area contributed by atoms with Crippen LogP contribution in [0.25, 0.3) is 0 Å². The normalized spacial score (nSPS) is 37.5. The zero-order chi connectivity index (χ0) is 6.15. The molecule has 46 valence electrons. The van der Waals surface area contributed by atoms with Gasteiger partial charge in [0, 0.05) is 12.5 Å². The summed E-state index contributed by atoms with van der Waals surface area (Å²) in [6, 6.07) is 0.150. The van der Waals surface area contributed by atoms with E-state index in [0.717, 1.165) is 0 Å². The van der Waals surface area contributed by atoms with Crippen LogP contribution < -0.4 is 5.32 Å². The molecule has 0 bridgehead atoms. The number of amides is 1. The van der Waals surface area contributed by atoms with Crippen molar-refractivity contribution in [2.75, 3.05) is 0 Å². The number of rotatable bonds is 0. The highest BCUT2D eigenvalue weighted by atomic mass is 16.3. The van der Waals surface area contributed by atoms with Crippen LogP contribution in [0.15, 0.2) is 0 Å². The van der Waals surface area contributed by atoms with Crippen LogP contribution in [0.4, 0.5) is 0 Å². The highest BCUT2D eigenvalue weighted by molar-refractivity contribution is 5.82. The Balaban J connectivity index is 2.51. The molecule has 1 saturated heterocycles. The van der Waals surface area contributed by atoms with Crippen molar-refractivity contribution in [1.82, 2.24) is 5.32 Å². The van der Waals surface area contributed by atoms with Gasteiger partial charge in [-0.2, -0.15) is 0 Å². The van der Waals surface area contributed by atoms with Crippen LogP contribution >= 0.6 is 0 Å². The van der Waals surface area contributed by atoms with Crippen molar-refractivity contribution in [3.63, 3.8) is 0 Å². The van der Waals surface area contributed by atoms with Crippen LogP contribution in [-0.2, 0) is 4.79 Å². The van der Waals surface area contributed by atoms with Crippen LogP contribution in [0, 0.1) is 0 Å². The molecule has 0 aromatic heterocycles. The molecule has 3 nitrogen and oxygen atoms in total. The minimum absolute atomic E-state index is 0.150. The molecule has 0 radical (unpaired) electrons. The van der Waals surface area contributed by atoms with E-state index in [1.54, 1.807) is 0 Å². The fourth-order valence-corrected chi connectivity index (χ4v) is 0.840. The lowest BCUT2D eigenvalue weighted by atomic mass is 10.2. The molecule has 1 amide bonds. The third-order valence-electron chi connectivity index (χ3n) is 1.27. The second-order valence-electron chi connectivity index (χ2n) is 2.16. The van der Waals surface area contributed by atoms with Gasteiger partial charge in [0.15, 0.2) is 0 Å². The third-order valence-corrected chi connectivity index (χ3v) is 1.27. The zero-order valence-electron chi connectivity index (χ0n) is 4.72. The molecule has 1 aliphatic rings. The van der Waals surface area contributed by atoms with Gasteiger partial charge in [-0.15, -0.1) is 0 Å². The predicted octanol–water partition coefficient (Wildman–Crippen LogP) is -0.744. The van der Waals surface area contributed by atoms with E-state index in [4.69, 9.17) is 5.11 Å². The van der Waals surface area contributed by atoms with Gasteiger partial charge in [-0.1, -0.05) is 0 Å². The van der Waals surface area contributed by atoms with Crippen LogP contribution in [-0.4, -0.2) is 23.2 Å². The first-order chi connectivity index (χ1) is 3.70. The highest BCUT2D eigenvalue weighted by Crippen LogP contribution is 2.05. The van der Waals surface area contributed by atoms with Gasteiger partial charge in [0.05, 0.1) is 0 Å². The van der Waals surface area contributed by atoms with Crippen molar-refractivity contribution in [2.24, 2.45) is 0 Å². The Kier molecular flexibility index (Phi) is 1.21. The van der Waals surface area contributed by atoms with Crippen LogP contribution in [0.2, 0.25) is 0 Å². The number of nitrogens with one attached hydrogen (secondary N) is 1. The quantitative estimate of drug-likeness (QED) is 0.436. The van der Waals surface area contributed by atoms with Crippen molar-refractivity contribution in [2.45, 2.75) is 25.5 Å². The van der Waals surface area contributed by atoms with E-state index < -0.39 is 6.10 Å². The first-order valence-electron chi connectivity index (χ1n) is 2.68. The lowest BCUT2D eigenvalue weighted by molar-refractivity contribution is -0.126. The number of hydrogen-bond acceptors (Lipinski definition) is 2. The molecular weight excluding hydrogens is 106 g/mol. The van der Waals surface area contributed by atoms with Crippen molar-refractivity contribution >= 4 is 5.91 Å². The molecule has 0 aromatic rings. The van der Waals surface area contributed by atoms with E-state index in [9.17, 15) is 4.79 Å². The standard InChI is InChI=1S/C5H9NO2/c1-3-2-4(7)5(8)6-3/h3-4,7H,2H2,1H3,(H,6,8)/t3-,4+/m0/s1. The second kappa shape index (κ2) is 1.74. The van der Waals surface area contributed by atoms with E-state index in [0.29, 0.717) is 6.42 Å². The summed E-state index contributed by atoms with van der Waals surface area (Å²) in [5, 5.41) is 11.3. The summed E-state index contributed by atoms with van der Waals surface area (Å²) in [4.78, 5) is 10.4. The highest BCUT2D eigenvalue weighted by Gasteiger charge is 2.26. The second-order valence-corrected chi connectivity index (χ2v) is 2.16. The molecule has 0 aliphatic carbocycles. The molecule has 0 spiro atoms. The predicted molar refractivity (Wildman–Crippen MR) is 28.2 cm³/mol. The van der Waals surface area contributed by atoms with E-state index in [1.807, 2.05) is 6.92 Å². The lowest BCUT2D eigenvalue weighted by Gasteiger charge is -1.95. The molecule has 1 aliphatic heterocycles. The molecule has 1 fully saturated rings. The van der Waals surface area contributed by atoms with Crippen LogP contribution in [0.5, 0.6) is 0 Å². The maximum absolute atomic E-state index is 10.4. The molecule has 3 heteroatoms. The molecule has 0 saturated carbocycles. The van der Waals surface area contributed by atoms with Gasteiger partial charge in [0.1, 0.15) is 6.10 Å². The van der Waals surface area contributed by atoms with Gasteiger partial charge in [-0.05, 0) is 6.92 Å². The van der Waals surface area contributed by atoms with Crippen molar-refractivity contribution < 1.29 is 9.90 Å². The molecule has 0 unspecified atom stereocenters. The first kappa shape index (κ1) is 5.56. The van der Waals surface area contributed by atoms with Gasteiger partial charge in [0.2, 0.25) is 5.91 Å². The Bertz CT molecular complexity index is 113. The van der Waals surface area contributed by atoms with Crippen molar-refractivity contribution in [3.8, 4) is 0 Å². The fourth-order valence-electron chi connectivity index (χ4n) is 0.840. The first-order valence-corrected chi connectivity index (χ1v) is 2.68. The smallest absolute Gasteiger partial charge is 0.249 e. The van der Waals surface area contributed by atoms with Crippen molar-refractivity contribution in [1.29, 1.82) is 0 Å². The summed E-state index contributed by atoms with van der Waals surface area (Å²) >= 11 is 0. The minimum Gasteiger partial charge on any atom is -0.383 e. The average molecular weight is 115 g/mol. The number of aliphatic hydroxyl groups excluding tert-OH is 1. The number of aliphatic hydroxyl groups is 1. The van der Waals surface area contributed by atoms with Crippen LogP contribution in [0.1, 0.15) is 13.3 Å². The Labute approximate surface area is 47.7 Å². The Hall–Kier alpha value is -0.570. The summed E-state index contributed by atoms with van der Waals surface area (Å²) in [6.07, 6.45) is -0.205. The maximum Gasteiger partial charge on any atom is 0.249 e. The third kappa shape index (κ3) is 0.816. The molecule has 2 atom stereocenters. The largest absolute Gasteiger partial charge is 0.383 e. The lowest BCUT2D eigenvalue weighted by Crippen LogP contribution is -2.25. The topological polar surface area (TPSA) is 49.3 Å². The number of hydrogen-bond donors (Lipinski definition) is 2. The summed E-state index contributed by atoms with van der Waals surface area (Å²) < 4.78 is 0. The average Bonchev–Trinajstić information content (AvgIpc) is 1.85. The maximum atomic E-state index is 10.4. The monoisotopic (exact) mass is 115 g/mol. The SMILES string of the molecule is C[C@H]1C[C@@H](O)C(=O)N1. The molecule has 2 N–H and O–H groups in total. The summed E-state index contributed by atoms with van der Waals surface area (Å²) in [7, 11) is 0.